The monoisotopic (exact) mass is 329 g/mol. The number of halogens is 3. The number of ether oxygens (including phenoxy) is 2. The Morgan fingerprint density at radius 3 is 2.53 bits per heavy atom. The van der Waals surface area contributed by atoms with Crippen molar-refractivity contribution in [2.75, 3.05) is 5.32 Å². The highest BCUT2D eigenvalue weighted by Crippen LogP contribution is 2.42. The van der Waals surface area contributed by atoms with E-state index in [0.717, 1.165) is 4.47 Å². The van der Waals surface area contributed by atoms with Gasteiger partial charge >= 0.3 is 6.29 Å². The van der Waals surface area contributed by atoms with Crippen LogP contribution in [-0.4, -0.2) is 16.3 Å². The van der Waals surface area contributed by atoms with Gasteiger partial charge < -0.3 is 14.8 Å². The molecule has 2 aromatic rings. The van der Waals surface area contributed by atoms with Gasteiger partial charge in [-0.1, -0.05) is 0 Å². The van der Waals surface area contributed by atoms with Crippen LogP contribution in [-0.2, 0) is 0 Å². The van der Waals surface area contributed by atoms with Crippen molar-refractivity contribution in [3.05, 3.63) is 35.1 Å². The Balaban J connectivity index is 1.82. The summed E-state index contributed by atoms with van der Waals surface area (Å²) in [7, 11) is 0. The van der Waals surface area contributed by atoms with Crippen molar-refractivity contribution < 1.29 is 18.3 Å². The van der Waals surface area contributed by atoms with Crippen molar-refractivity contribution >= 4 is 27.6 Å². The van der Waals surface area contributed by atoms with Crippen LogP contribution in [0.1, 0.15) is 0 Å². The van der Waals surface area contributed by atoms with Crippen molar-refractivity contribution in [3.8, 4) is 11.5 Å². The van der Waals surface area contributed by atoms with E-state index in [2.05, 4.69) is 40.7 Å². The van der Waals surface area contributed by atoms with Gasteiger partial charge in [-0.2, -0.15) is 0 Å². The molecule has 98 valence electrons. The Morgan fingerprint density at radius 2 is 1.79 bits per heavy atom. The van der Waals surface area contributed by atoms with E-state index < -0.39 is 6.29 Å². The number of anilines is 2. The molecule has 5 nitrogen and oxygen atoms in total. The van der Waals surface area contributed by atoms with E-state index in [4.69, 9.17) is 0 Å². The minimum absolute atomic E-state index is 0.00715. The summed E-state index contributed by atoms with van der Waals surface area (Å²) in [5.74, 6) is 0.299. The molecule has 3 rings (SSSR count). The van der Waals surface area contributed by atoms with E-state index in [1.54, 1.807) is 18.5 Å². The van der Waals surface area contributed by atoms with Gasteiger partial charge in [0.15, 0.2) is 11.5 Å². The number of nitrogens with zero attached hydrogens (tertiary/aromatic N) is 2. The molecular weight excluding hydrogens is 324 g/mol. The number of hydrogen-bond donors (Lipinski definition) is 1. The maximum absolute atomic E-state index is 12.8. The summed E-state index contributed by atoms with van der Waals surface area (Å²) < 4.78 is 35.1. The van der Waals surface area contributed by atoms with Crippen molar-refractivity contribution in [2.24, 2.45) is 0 Å². The van der Waals surface area contributed by atoms with Crippen LogP contribution in [0.3, 0.4) is 0 Å². The molecule has 0 unspecified atom stereocenters. The largest absolute Gasteiger partial charge is 0.586 e. The highest BCUT2D eigenvalue weighted by molar-refractivity contribution is 9.10. The van der Waals surface area contributed by atoms with Gasteiger partial charge in [-0.05, 0) is 28.1 Å². The standard InChI is InChI=1S/C11H6BrF2N3O2/c12-6-4-15-10(16-5-6)17-7-1-2-8-9(3-7)19-11(13,14)18-8/h1-5H,(H,15,16,17). The third-order valence-corrected chi connectivity index (χ3v) is 2.69. The molecule has 8 heteroatoms. The maximum Gasteiger partial charge on any atom is 0.586 e. The molecule has 0 saturated heterocycles. The lowest BCUT2D eigenvalue weighted by atomic mass is 10.3. The first-order valence-electron chi connectivity index (χ1n) is 5.16. The van der Waals surface area contributed by atoms with E-state index in [0.29, 0.717) is 11.6 Å². The number of aromatic nitrogens is 2. The van der Waals surface area contributed by atoms with Crippen LogP contribution in [0.5, 0.6) is 11.5 Å². The lowest BCUT2D eigenvalue weighted by Gasteiger charge is -2.05. The first-order valence-corrected chi connectivity index (χ1v) is 5.96. The Kier molecular flexibility index (Phi) is 2.74. The number of benzene rings is 1. The SMILES string of the molecule is FC1(F)Oc2ccc(Nc3ncc(Br)cn3)cc2O1. The van der Waals surface area contributed by atoms with Gasteiger partial charge in [-0.3, -0.25) is 0 Å². The highest BCUT2D eigenvalue weighted by Gasteiger charge is 2.43. The summed E-state index contributed by atoms with van der Waals surface area (Å²) in [6, 6.07) is 4.34. The Labute approximate surface area is 114 Å². The molecule has 0 aliphatic carbocycles. The van der Waals surface area contributed by atoms with Gasteiger partial charge in [0.1, 0.15) is 0 Å². The summed E-state index contributed by atoms with van der Waals surface area (Å²) in [5.41, 5.74) is 0.516. The van der Waals surface area contributed by atoms with Crippen LogP contribution < -0.4 is 14.8 Å². The molecule has 2 heterocycles. The molecule has 1 aliphatic rings. The Hall–Kier alpha value is -1.96. The van der Waals surface area contributed by atoms with Gasteiger partial charge in [0.2, 0.25) is 5.95 Å². The van der Waals surface area contributed by atoms with Crippen LogP contribution in [0.4, 0.5) is 20.4 Å². The van der Waals surface area contributed by atoms with Crippen LogP contribution in [0.15, 0.2) is 35.1 Å². The Morgan fingerprint density at radius 1 is 1.11 bits per heavy atom. The lowest BCUT2D eigenvalue weighted by molar-refractivity contribution is -0.286. The summed E-state index contributed by atoms with van der Waals surface area (Å²) in [6.45, 7) is 0. The van der Waals surface area contributed by atoms with E-state index >= 15 is 0 Å². The second-order valence-electron chi connectivity index (χ2n) is 3.68. The lowest BCUT2D eigenvalue weighted by Crippen LogP contribution is -2.25. The molecule has 0 saturated carbocycles. The normalized spacial score (nSPS) is 15.3. The summed E-state index contributed by atoms with van der Waals surface area (Å²) >= 11 is 3.21. The first-order chi connectivity index (χ1) is 9.02. The Bertz CT molecular complexity index is 622. The highest BCUT2D eigenvalue weighted by atomic mass is 79.9. The number of hydrogen-bond acceptors (Lipinski definition) is 5. The zero-order valence-corrected chi connectivity index (χ0v) is 10.8. The molecule has 0 bridgehead atoms. The molecule has 1 aromatic heterocycles. The van der Waals surface area contributed by atoms with E-state index in [9.17, 15) is 8.78 Å². The molecule has 0 fully saturated rings. The molecule has 19 heavy (non-hydrogen) atoms. The summed E-state index contributed by atoms with van der Waals surface area (Å²) in [6.07, 6.45) is -0.484. The van der Waals surface area contributed by atoms with E-state index in [-0.39, 0.29) is 11.5 Å². The van der Waals surface area contributed by atoms with Gasteiger partial charge in [-0.15, -0.1) is 8.78 Å². The average Bonchev–Trinajstić information content (AvgIpc) is 2.65. The molecule has 0 spiro atoms. The number of alkyl halides is 2. The van der Waals surface area contributed by atoms with Crippen molar-refractivity contribution in [1.82, 2.24) is 9.97 Å². The number of fused-ring (bicyclic) bond motifs is 1. The zero-order chi connectivity index (χ0) is 13.5. The van der Waals surface area contributed by atoms with Crippen LogP contribution in [0.2, 0.25) is 0 Å². The van der Waals surface area contributed by atoms with Gasteiger partial charge in [0.25, 0.3) is 0 Å². The maximum atomic E-state index is 12.8. The molecule has 1 aliphatic heterocycles. The zero-order valence-electron chi connectivity index (χ0n) is 9.23. The molecule has 1 aromatic carbocycles. The third-order valence-electron chi connectivity index (χ3n) is 2.28. The van der Waals surface area contributed by atoms with Crippen molar-refractivity contribution in [2.45, 2.75) is 6.29 Å². The van der Waals surface area contributed by atoms with Crippen LogP contribution >= 0.6 is 15.9 Å². The molecule has 0 atom stereocenters. The van der Waals surface area contributed by atoms with Gasteiger partial charge in [0, 0.05) is 24.1 Å². The summed E-state index contributed by atoms with van der Waals surface area (Å²) in [5, 5.41) is 2.86. The second-order valence-corrected chi connectivity index (χ2v) is 4.59. The van der Waals surface area contributed by atoms with E-state index in [1.807, 2.05) is 0 Å². The molecule has 0 amide bonds. The fourth-order valence-corrected chi connectivity index (χ4v) is 1.74. The van der Waals surface area contributed by atoms with Crippen LogP contribution in [0.25, 0.3) is 0 Å². The van der Waals surface area contributed by atoms with Crippen molar-refractivity contribution in [1.29, 1.82) is 0 Å². The molecule has 0 radical (unpaired) electrons. The predicted octanol–water partition coefficient (Wildman–Crippen LogP) is 3.30. The number of rotatable bonds is 2. The van der Waals surface area contributed by atoms with E-state index in [1.165, 1.54) is 12.1 Å². The van der Waals surface area contributed by atoms with Crippen molar-refractivity contribution in [3.63, 3.8) is 0 Å². The minimum atomic E-state index is -3.62. The molecule has 1 N–H and O–H groups in total. The quantitative estimate of drug-likeness (QED) is 0.916. The second kappa shape index (κ2) is 4.30. The first kappa shape index (κ1) is 12.1. The third kappa shape index (κ3) is 2.58. The predicted molar refractivity (Wildman–Crippen MR) is 65.7 cm³/mol. The van der Waals surface area contributed by atoms with Gasteiger partial charge in [0.05, 0.1) is 4.47 Å². The fourth-order valence-electron chi connectivity index (χ4n) is 1.53. The number of nitrogens with one attached hydrogen (secondary N) is 1. The fraction of sp³-hybridized carbons (Fsp3) is 0.0909. The molecular formula is C11H6BrF2N3O2. The minimum Gasteiger partial charge on any atom is -0.395 e. The topological polar surface area (TPSA) is 56.3 Å². The average molecular weight is 330 g/mol. The van der Waals surface area contributed by atoms with Gasteiger partial charge in [-0.25, -0.2) is 9.97 Å². The summed E-state index contributed by atoms with van der Waals surface area (Å²) in [4.78, 5) is 8.01. The van der Waals surface area contributed by atoms with Crippen LogP contribution in [0, 0.1) is 0 Å². The smallest absolute Gasteiger partial charge is 0.395 e.